The molecule has 7 heteroatoms. The molecule has 0 aliphatic rings. The molecule has 110 valence electrons. The molecule has 0 radical (unpaired) electrons. The Morgan fingerprint density at radius 2 is 1.95 bits per heavy atom. The first-order valence-corrected chi connectivity index (χ1v) is 5.97. The lowest BCUT2D eigenvalue weighted by Crippen LogP contribution is -2.14. The van der Waals surface area contributed by atoms with Gasteiger partial charge in [0.05, 0.1) is 10.5 Å². The molecule has 0 aromatic heterocycles. The molecule has 1 aromatic rings. The van der Waals surface area contributed by atoms with E-state index in [0.717, 1.165) is 12.1 Å². The molecular weight excluding hydrogens is 275 g/mol. The average molecular weight is 289 g/mol. The van der Waals surface area contributed by atoms with Gasteiger partial charge in [0.1, 0.15) is 5.78 Å². The number of carbonyl (C=O) groups excluding carboxylic acids is 1. The van der Waals surface area contributed by atoms with E-state index in [1.807, 2.05) is 0 Å². The number of nitro benzene ring substituents is 1. The highest BCUT2D eigenvalue weighted by Crippen LogP contribution is 2.34. The van der Waals surface area contributed by atoms with E-state index in [-0.39, 0.29) is 30.1 Å². The molecule has 0 bridgehead atoms. The van der Waals surface area contributed by atoms with E-state index in [0.29, 0.717) is 6.07 Å². The highest BCUT2D eigenvalue weighted by Gasteiger charge is 2.35. The summed E-state index contributed by atoms with van der Waals surface area (Å²) in [4.78, 5) is 21.3. The van der Waals surface area contributed by atoms with Crippen LogP contribution in [-0.2, 0) is 17.4 Å². The molecule has 0 amide bonds. The molecular formula is C13H14F3NO3. The van der Waals surface area contributed by atoms with Crippen molar-refractivity contribution in [2.75, 3.05) is 0 Å². The highest BCUT2D eigenvalue weighted by molar-refractivity contribution is 5.81. The van der Waals surface area contributed by atoms with Gasteiger partial charge in [-0.2, -0.15) is 13.2 Å². The zero-order valence-corrected chi connectivity index (χ0v) is 11.0. The molecule has 20 heavy (non-hydrogen) atoms. The fourth-order valence-corrected chi connectivity index (χ4v) is 1.84. The number of Topliss-reactive ketones (excluding diaryl/α,β-unsaturated/α-hetero) is 1. The maximum Gasteiger partial charge on any atom is 0.416 e. The molecule has 0 atom stereocenters. The molecule has 1 aromatic carbocycles. The van der Waals surface area contributed by atoms with Crippen molar-refractivity contribution in [1.29, 1.82) is 0 Å². The Hall–Kier alpha value is -1.92. The smallest absolute Gasteiger partial charge is 0.299 e. The number of alkyl halides is 3. The lowest BCUT2D eigenvalue weighted by Gasteiger charge is -2.12. The van der Waals surface area contributed by atoms with Gasteiger partial charge in [0.25, 0.3) is 5.69 Å². The van der Waals surface area contributed by atoms with Gasteiger partial charge in [-0.05, 0) is 11.5 Å². The van der Waals surface area contributed by atoms with Crippen LogP contribution >= 0.6 is 0 Å². The molecule has 0 saturated heterocycles. The number of non-ortho nitro benzene ring substituents is 1. The molecule has 4 nitrogen and oxygen atoms in total. The van der Waals surface area contributed by atoms with E-state index in [1.165, 1.54) is 0 Å². The minimum absolute atomic E-state index is 0.0508. The molecule has 0 unspecified atom stereocenters. The third kappa shape index (κ3) is 4.32. The number of halogens is 3. The lowest BCUT2D eigenvalue weighted by atomic mass is 9.97. The monoisotopic (exact) mass is 289 g/mol. The maximum absolute atomic E-state index is 12.9. The van der Waals surface area contributed by atoms with Gasteiger partial charge < -0.3 is 0 Å². The number of ketones is 1. The van der Waals surface area contributed by atoms with E-state index in [1.54, 1.807) is 13.8 Å². The lowest BCUT2D eigenvalue weighted by molar-refractivity contribution is -0.385. The highest BCUT2D eigenvalue weighted by atomic mass is 19.4. The van der Waals surface area contributed by atoms with Crippen molar-refractivity contribution in [2.24, 2.45) is 5.92 Å². The Labute approximate surface area is 113 Å². The second kappa shape index (κ2) is 6.02. The van der Waals surface area contributed by atoms with E-state index >= 15 is 0 Å². The SMILES string of the molecule is CC(C)CC(=O)Cc1ccc([N+](=O)[O-])cc1C(F)(F)F. The minimum Gasteiger partial charge on any atom is -0.299 e. The first kappa shape index (κ1) is 16.1. The largest absolute Gasteiger partial charge is 0.416 e. The van der Waals surface area contributed by atoms with Crippen LogP contribution in [0.15, 0.2) is 18.2 Å². The molecule has 0 aliphatic heterocycles. The number of nitro groups is 1. The topological polar surface area (TPSA) is 60.2 Å². The second-order valence-electron chi connectivity index (χ2n) is 4.91. The van der Waals surface area contributed by atoms with Crippen LogP contribution in [-0.4, -0.2) is 10.7 Å². The van der Waals surface area contributed by atoms with Crippen molar-refractivity contribution < 1.29 is 22.9 Å². The number of rotatable bonds is 5. The Balaban J connectivity index is 3.13. The summed E-state index contributed by atoms with van der Waals surface area (Å²) in [5, 5.41) is 10.5. The van der Waals surface area contributed by atoms with Crippen molar-refractivity contribution in [1.82, 2.24) is 0 Å². The van der Waals surface area contributed by atoms with E-state index in [2.05, 4.69) is 0 Å². The average Bonchev–Trinajstić information content (AvgIpc) is 2.26. The van der Waals surface area contributed by atoms with Crippen molar-refractivity contribution >= 4 is 11.5 Å². The van der Waals surface area contributed by atoms with Gasteiger partial charge in [-0.15, -0.1) is 0 Å². The minimum atomic E-state index is -4.72. The third-order valence-corrected chi connectivity index (χ3v) is 2.63. The Kier molecular flexibility index (Phi) is 4.86. The Morgan fingerprint density at radius 3 is 2.40 bits per heavy atom. The summed E-state index contributed by atoms with van der Waals surface area (Å²) in [5.41, 5.74) is -1.99. The number of hydrogen-bond donors (Lipinski definition) is 0. The van der Waals surface area contributed by atoms with Crippen LogP contribution in [0.4, 0.5) is 18.9 Å². The summed E-state index contributed by atoms with van der Waals surface area (Å²) >= 11 is 0. The van der Waals surface area contributed by atoms with Crippen LogP contribution in [0.5, 0.6) is 0 Å². The third-order valence-electron chi connectivity index (χ3n) is 2.63. The van der Waals surface area contributed by atoms with Gasteiger partial charge in [0, 0.05) is 25.0 Å². The van der Waals surface area contributed by atoms with Gasteiger partial charge >= 0.3 is 6.18 Å². The van der Waals surface area contributed by atoms with Gasteiger partial charge in [-0.25, -0.2) is 0 Å². The Bertz CT molecular complexity index is 524. The standard InChI is InChI=1S/C13H14F3NO3/c1-8(2)5-11(18)6-9-3-4-10(17(19)20)7-12(9)13(14,15)16/h3-4,7-8H,5-6H2,1-2H3. The molecule has 0 heterocycles. The van der Waals surface area contributed by atoms with Crippen molar-refractivity contribution in [3.8, 4) is 0 Å². The van der Waals surface area contributed by atoms with Crippen molar-refractivity contribution in [3.05, 3.63) is 39.4 Å². The van der Waals surface area contributed by atoms with Crippen LogP contribution < -0.4 is 0 Å². The van der Waals surface area contributed by atoms with E-state index < -0.39 is 22.4 Å². The van der Waals surface area contributed by atoms with Crippen LogP contribution in [0.2, 0.25) is 0 Å². The normalized spacial score (nSPS) is 11.7. The van der Waals surface area contributed by atoms with Crippen LogP contribution in [0.3, 0.4) is 0 Å². The predicted molar refractivity (Wildman–Crippen MR) is 66.3 cm³/mol. The van der Waals surface area contributed by atoms with Gasteiger partial charge in [-0.1, -0.05) is 19.9 Å². The molecule has 0 spiro atoms. The van der Waals surface area contributed by atoms with Crippen molar-refractivity contribution in [3.63, 3.8) is 0 Å². The summed E-state index contributed by atoms with van der Waals surface area (Å²) in [5.74, 6) is -0.269. The van der Waals surface area contributed by atoms with Crippen LogP contribution in [0.1, 0.15) is 31.4 Å². The number of nitrogens with zero attached hydrogens (tertiary/aromatic N) is 1. The number of benzene rings is 1. The second-order valence-corrected chi connectivity index (χ2v) is 4.91. The summed E-state index contributed by atoms with van der Waals surface area (Å²) in [7, 11) is 0. The first-order chi connectivity index (χ1) is 9.11. The number of hydrogen-bond acceptors (Lipinski definition) is 3. The molecule has 0 saturated carbocycles. The fraction of sp³-hybridized carbons (Fsp3) is 0.462. The summed E-state index contributed by atoms with van der Waals surface area (Å²) < 4.78 is 38.6. The fourth-order valence-electron chi connectivity index (χ4n) is 1.84. The zero-order chi connectivity index (χ0) is 15.5. The molecule has 0 fully saturated rings. The summed E-state index contributed by atoms with van der Waals surface area (Å²) in [6.45, 7) is 3.58. The van der Waals surface area contributed by atoms with Crippen LogP contribution in [0, 0.1) is 16.0 Å². The van der Waals surface area contributed by atoms with Crippen LogP contribution in [0.25, 0.3) is 0 Å². The van der Waals surface area contributed by atoms with Gasteiger partial charge in [0.2, 0.25) is 0 Å². The molecule has 0 N–H and O–H groups in total. The summed E-state index contributed by atoms with van der Waals surface area (Å²) in [6, 6.07) is 2.45. The summed E-state index contributed by atoms with van der Waals surface area (Å²) in [6.07, 6.45) is -4.92. The molecule has 1 rings (SSSR count). The zero-order valence-electron chi connectivity index (χ0n) is 11.0. The predicted octanol–water partition coefficient (Wildman–Crippen LogP) is 3.77. The van der Waals surface area contributed by atoms with Gasteiger partial charge in [0.15, 0.2) is 0 Å². The number of carbonyl (C=O) groups is 1. The molecule has 0 aliphatic carbocycles. The Morgan fingerprint density at radius 1 is 1.35 bits per heavy atom. The van der Waals surface area contributed by atoms with Crippen molar-refractivity contribution in [2.45, 2.75) is 32.9 Å². The quantitative estimate of drug-likeness (QED) is 0.612. The van der Waals surface area contributed by atoms with E-state index in [9.17, 15) is 28.1 Å². The maximum atomic E-state index is 12.9. The first-order valence-electron chi connectivity index (χ1n) is 5.97. The van der Waals surface area contributed by atoms with Gasteiger partial charge in [-0.3, -0.25) is 14.9 Å². The van der Waals surface area contributed by atoms with E-state index in [4.69, 9.17) is 0 Å².